The third kappa shape index (κ3) is 4.93. The van der Waals surface area contributed by atoms with E-state index in [1.165, 1.54) is 11.3 Å². The van der Waals surface area contributed by atoms with Crippen molar-refractivity contribution in [2.75, 3.05) is 25.1 Å². The Labute approximate surface area is 161 Å². The van der Waals surface area contributed by atoms with Crippen LogP contribution in [0.5, 0.6) is 17.2 Å². The molecule has 3 aromatic heterocycles. The molecule has 0 unspecified atom stereocenters. The summed E-state index contributed by atoms with van der Waals surface area (Å²) in [4.78, 5) is 12.8. The molecule has 0 bridgehead atoms. The van der Waals surface area contributed by atoms with Crippen LogP contribution >= 0.6 is 11.3 Å². The Balaban J connectivity index is 1.52. The molecule has 1 fully saturated rings. The third-order valence-electron chi connectivity index (χ3n) is 4.17. The standard InChI is InChI=1S/C19H20N4O3S/c1-2-15(11-20-5-1)26-16-10-17(25-13-14-3-7-24-8-4-14)18(22-12-16)23-19-21-6-9-27-19/h1-2,5-6,9-12,14H,3-4,7-8,13H2,(H,21,22,23). The molecule has 8 heteroatoms. The summed E-state index contributed by atoms with van der Waals surface area (Å²) in [6.07, 6.45) is 8.78. The fourth-order valence-corrected chi connectivity index (χ4v) is 3.26. The van der Waals surface area contributed by atoms with Crippen LogP contribution in [0.15, 0.2) is 48.4 Å². The number of nitrogens with one attached hydrogen (secondary N) is 1. The zero-order chi connectivity index (χ0) is 18.3. The molecule has 0 radical (unpaired) electrons. The molecule has 1 aliphatic rings. The lowest BCUT2D eigenvalue weighted by Gasteiger charge is -2.22. The minimum absolute atomic E-state index is 0.481. The summed E-state index contributed by atoms with van der Waals surface area (Å²) in [6, 6.07) is 5.51. The highest BCUT2D eigenvalue weighted by atomic mass is 32.1. The van der Waals surface area contributed by atoms with E-state index in [0.29, 0.717) is 35.6 Å². The molecule has 4 heterocycles. The number of hydrogen-bond acceptors (Lipinski definition) is 8. The lowest BCUT2D eigenvalue weighted by Crippen LogP contribution is -2.21. The largest absolute Gasteiger partial charge is 0.489 e. The van der Waals surface area contributed by atoms with Gasteiger partial charge in [0.1, 0.15) is 11.5 Å². The number of anilines is 2. The summed E-state index contributed by atoms with van der Waals surface area (Å²) < 4.78 is 17.4. The van der Waals surface area contributed by atoms with Crippen LogP contribution in [-0.2, 0) is 4.74 Å². The average Bonchev–Trinajstić information content (AvgIpc) is 3.23. The summed E-state index contributed by atoms with van der Waals surface area (Å²) in [5.41, 5.74) is 0. The van der Waals surface area contributed by atoms with Crippen LogP contribution in [0.3, 0.4) is 0 Å². The Morgan fingerprint density at radius 1 is 1.15 bits per heavy atom. The van der Waals surface area contributed by atoms with E-state index < -0.39 is 0 Å². The van der Waals surface area contributed by atoms with E-state index in [1.807, 2.05) is 23.6 Å². The Bertz CT molecular complexity index is 839. The van der Waals surface area contributed by atoms with Crippen LogP contribution in [-0.4, -0.2) is 34.8 Å². The molecule has 140 valence electrons. The fourth-order valence-electron chi connectivity index (χ4n) is 2.74. The van der Waals surface area contributed by atoms with Crippen molar-refractivity contribution in [2.45, 2.75) is 12.8 Å². The number of thiazole rings is 1. The molecule has 0 saturated carbocycles. The SMILES string of the molecule is c1cncc(Oc2cnc(Nc3nccs3)c(OCC3CCOCC3)c2)c1. The monoisotopic (exact) mass is 384 g/mol. The summed E-state index contributed by atoms with van der Waals surface area (Å²) in [5, 5.41) is 5.88. The molecule has 1 saturated heterocycles. The summed E-state index contributed by atoms with van der Waals surface area (Å²) >= 11 is 1.51. The van der Waals surface area contributed by atoms with Crippen molar-refractivity contribution in [1.82, 2.24) is 15.0 Å². The van der Waals surface area contributed by atoms with E-state index in [-0.39, 0.29) is 0 Å². The quantitative estimate of drug-likeness (QED) is 0.651. The molecule has 1 N–H and O–H groups in total. The fraction of sp³-hybridized carbons (Fsp3) is 0.316. The van der Waals surface area contributed by atoms with Gasteiger partial charge in [0, 0.05) is 37.1 Å². The van der Waals surface area contributed by atoms with Gasteiger partial charge in [0.2, 0.25) is 0 Å². The number of hydrogen-bond donors (Lipinski definition) is 1. The highest BCUT2D eigenvalue weighted by Crippen LogP contribution is 2.32. The van der Waals surface area contributed by atoms with Crippen LogP contribution in [0.2, 0.25) is 0 Å². The first-order chi connectivity index (χ1) is 13.4. The maximum atomic E-state index is 6.10. The smallest absolute Gasteiger partial charge is 0.188 e. The van der Waals surface area contributed by atoms with Gasteiger partial charge in [-0.3, -0.25) is 4.98 Å². The molecule has 1 aliphatic heterocycles. The second-order valence-electron chi connectivity index (χ2n) is 6.14. The molecule has 0 atom stereocenters. The van der Waals surface area contributed by atoms with Crippen LogP contribution < -0.4 is 14.8 Å². The average molecular weight is 384 g/mol. The second-order valence-corrected chi connectivity index (χ2v) is 7.03. The molecule has 0 spiro atoms. The number of rotatable bonds is 7. The molecule has 27 heavy (non-hydrogen) atoms. The lowest BCUT2D eigenvalue weighted by molar-refractivity contribution is 0.0498. The molecule has 3 aromatic rings. The van der Waals surface area contributed by atoms with Crippen LogP contribution in [0.1, 0.15) is 12.8 Å². The Morgan fingerprint density at radius 2 is 2.07 bits per heavy atom. The second kappa shape index (κ2) is 8.79. The Morgan fingerprint density at radius 3 is 2.85 bits per heavy atom. The van der Waals surface area contributed by atoms with Crippen molar-refractivity contribution in [3.63, 3.8) is 0 Å². The first-order valence-electron chi connectivity index (χ1n) is 8.82. The maximum Gasteiger partial charge on any atom is 0.188 e. The maximum absolute atomic E-state index is 6.10. The highest BCUT2D eigenvalue weighted by Gasteiger charge is 2.17. The summed E-state index contributed by atoms with van der Waals surface area (Å²) in [5.74, 6) is 2.98. The van der Waals surface area contributed by atoms with Crippen molar-refractivity contribution < 1.29 is 14.2 Å². The molecular formula is C19H20N4O3S. The molecular weight excluding hydrogens is 364 g/mol. The first kappa shape index (κ1) is 17.7. The minimum Gasteiger partial charge on any atom is -0.489 e. The van der Waals surface area contributed by atoms with Crippen molar-refractivity contribution in [3.05, 3.63) is 48.4 Å². The third-order valence-corrected chi connectivity index (χ3v) is 4.86. The van der Waals surface area contributed by atoms with Crippen molar-refractivity contribution in [3.8, 4) is 17.2 Å². The van der Waals surface area contributed by atoms with E-state index in [0.717, 1.165) is 31.2 Å². The van der Waals surface area contributed by atoms with Gasteiger partial charge in [-0.2, -0.15) is 0 Å². The van der Waals surface area contributed by atoms with Gasteiger partial charge in [0.15, 0.2) is 16.7 Å². The van der Waals surface area contributed by atoms with Gasteiger partial charge in [-0.1, -0.05) is 0 Å². The molecule has 4 rings (SSSR count). The number of aromatic nitrogens is 3. The van der Waals surface area contributed by atoms with E-state index >= 15 is 0 Å². The first-order valence-corrected chi connectivity index (χ1v) is 9.70. The van der Waals surface area contributed by atoms with Gasteiger partial charge in [-0.25, -0.2) is 9.97 Å². The predicted molar refractivity (Wildman–Crippen MR) is 103 cm³/mol. The van der Waals surface area contributed by atoms with Crippen molar-refractivity contribution in [1.29, 1.82) is 0 Å². The van der Waals surface area contributed by atoms with Gasteiger partial charge in [0.25, 0.3) is 0 Å². The number of ether oxygens (including phenoxy) is 3. The van der Waals surface area contributed by atoms with Gasteiger partial charge >= 0.3 is 0 Å². The number of nitrogens with zero attached hydrogens (tertiary/aromatic N) is 3. The number of pyridine rings is 2. The zero-order valence-electron chi connectivity index (χ0n) is 14.7. The van der Waals surface area contributed by atoms with Gasteiger partial charge in [-0.05, 0) is 30.9 Å². The lowest BCUT2D eigenvalue weighted by atomic mass is 10.0. The predicted octanol–water partition coefficient (Wildman–Crippen LogP) is 4.27. The molecule has 0 aromatic carbocycles. The van der Waals surface area contributed by atoms with Crippen molar-refractivity contribution >= 4 is 22.3 Å². The van der Waals surface area contributed by atoms with Crippen LogP contribution in [0.25, 0.3) is 0 Å². The highest BCUT2D eigenvalue weighted by molar-refractivity contribution is 7.13. The van der Waals surface area contributed by atoms with Gasteiger partial charge < -0.3 is 19.5 Å². The van der Waals surface area contributed by atoms with Crippen molar-refractivity contribution in [2.24, 2.45) is 5.92 Å². The van der Waals surface area contributed by atoms with Gasteiger partial charge in [-0.15, -0.1) is 11.3 Å². The van der Waals surface area contributed by atoms with E-state index in [9.17, 15) is 0 Å². The normalized spacial score (nSPS) is 14.7. The van der Waals surface area contributed by atoms with Crippen LogP contribution in [0, 0.1) is 5.92 Å². The Kier molecular flexibility index (Phi) is 5.76. The van der Waals surface area contributed by atoms with E-state index in [2.05, 4.69) is 20.3 Å². The molecule has 0 amide bonds. The van der Waals surface area contributed by atoms with E-state index in [1.54, 1.807) is 24.8 Å². The van der Waals surface area contributed by atoms with Crippen LogP contribution in [0.4, 0.5) is 10.9 Å². The molecule has 7 nitrogen and oxygen atoms in total. The zero-order valence-corrected chi connectivity index (χ0v) is 15.5. The van der Waals surface area contributed by atoms with Gasteiger partial charge in [0.05, 0.1) is 19.0 Å². The summed E-state index contributed by atoms with van der Waals surface area (Å²) in [6.45, 7) is 2.20. The topological polar surface area (TPSA) is 78.4 Å². The minimum atomic E-state index is 0.481. The molecule has 0 aliphatic carbocycles. The summed E-state index contributed by atoms with van der Waals surface area (Å²) in [7, 11) is 0. The Hall–Kier alpha value is -2.71. The van der Waals surface area contributed by atoms with E-state index in [4.69, 9.17) is 14.2 Å².